The van der Waals surface area contributed by atoms with Crippen molar-refractivity contribution >= 4 is 71.4 Å². The molecule has 3 N–H and O–H groups in total. The number of carbonyl (C=O) groups excluding carboxylic acids is 3. The molecule has 2 aliphatic heterocycles. The summed E-state index contributed by atoms with van der Waals surface area (Å²) in [6.07, 6.45) is 6.88. The lowest BCUT2D eigenvalue weighted by Gasteiger charge is -2.43. The first-order valence-corrected chi connectivity index (χ1v) is 24.7. The Labute approximate surface area is 382 Å². The summed E-state index contributed by atoms with van der Waals surface area (Å²) in [7, 11) is 0.839. The molecule has 0 spiro atoms. The quantitative estimate of drug-likeness (QED) is 0.0580. The van der Waals surface area contributed by atoms with Gasteiger partial charge in [0.25, 0.3) is 0 Å². The highest BCUT2D eigenvalue weighted by molar-refractivity contribution is 7.70. The fourth-order valence-electron chi connectivity index (χ4n) is 8.39. The van der Waals surface area contributed by atoms with E-state index in [9.17, 15) is 24.2 Å². The molecule has 2 saturated heterocycles. The number of para-hydroxylation sites is 1. The van der Waals surface area contributed by atoms with Crippen molar-refractivity contribution in [1.82, 2.24) is 30.0 Å². The highest BCUT2D eigenvalue weighted by Crippen LogP contribution is 2.39. The number of nitriles is 1. The Bertz CT molecular complexity index is 2430. The number of amides is 1. The molecule has 3 heterocycles. The minimum atomic E-state index is -2.56. The van der Waals surface area contributed by atoms with Gasteiger partial charge in [-0.3, -0.25) is 24.3 Å². The molecule has 336 valence electrons. The van der Waals surface area contributed by atoms with Crippen molar-refractivity contribution in [2.45, 2.75) is 57.2 Å². The lowest BCUT2D eigenvalue weighted by atomic mass is 9.99. The van der Waals surface area contributed by atoms with Crippen LogP contribution in [-0.4, -0.2) is 128 Å². The number of aromatic nitrogens is 2. The molecule has 0 saturated carbocycles. The normalized spacial score (nSPS) is 15.4. The first kappa shape index (κ1) is 47.9. The van der Waals surface area contributed by atoms with E-state index in [1.807, 2.05) is 60.5 Å². The molecule has 3 aromatic carbocycles. The number of rotatable bonds is 18. The van der Waals surface area contributed by atoms with Crippen molar-refractivity contribution in [3.63, 3.8) is 0 Å². The number of anilines is 5. The molecular weight excluding hydrogens is 847 g/mol. The Hall–Kier alpha value is -5.60. The molecule has 64 heavy (non-hydrogen) atoms. The van der Waals surface area contributed by atoms with Crippen molar-refractivity contribution in [3.05, 3.63) is 94.1 Å². The first-order chi connectivity index (χ1) is 30.9. The summed E-state index contributed by atoms with van der Waals surface area (Å²) >= 11 is 6.48. The average molecular weight is 905 g/mol. The molecule has 1 aromatic heterocycles. The second kappa shape index (κ2) is 22.8. The van der Waals surface area contributed by atoms with Crippen LogP contribution in [0.5, 0.6) is 0 Å². The van der Waals surface area contributed by atoms with Gasteiger partial charge in [-0.15, -0.1) is 0 Å². The largest absolute Gasteiger partial charge is 0.371 e. The van der Waals surface area contributed by atoms with E-state index < -0.39 is 13.2 Å². The number of piperidine rings is 1. The van der Waals surface area contributed by atoms with E-state index in [1.165, 1.54) is 6.20 Å². The van der Waals surface area contributed by atoms with Gasteiger partial charge < -0.3 is 30.2 Å². The summed E-state index contributed by atoms with van der Waals surface area (Å²) in [5, 5.41) is 19.9. The van der Waals surface area contributed by atoms with Crippen LogP contribution in [0.3, 0.4) is 0 Å². The summed E-state index contributed by atoms with van der Waals surface area (Å²) in [5.74, 6) is 7.24. The number of piperazine rings is 1. The zero-order chi connectivity index (χ0) is 45.6. The predicted octanol–water partition coefficient (Wildman–Crippen LogP) is 6.30. The van der Waals surface area contributed by atoms with Gasteiger partial charge in [0.15, 0.2) is 5.82 Å². The van der Waals surface area contributed by atoms with Crippen LogP contribution in [0.4, 0.5) is 28.8 Å². The highest BCUT2D eigenvalue weighted by Gasteiger charge is 2.28. The number of benzene rings is 3. The van der Waals surface area contributed by atoms with Gasteiger partial charge in [-0.1, -0.05) is 47.7 Å². The van der Waals surface area contributed by atoms with Crippen molar-refractivity contribution < 1.29 is 18.9 Å². The van der Waals surface area contributed by atoms with Crippen LogP contribution in [0.15, 0.2) is 66.9 Å². The van der Waals surface area contributed by atoms with Crippen LogP contribution in [-0.2, 0) is 27.1 Å². The number of halogens is 1. The van der Waals surface area contributed by atoms with Gasteiger partial charge in [-0.25, -0.2) is 4.98 Å². The summed E-state index contributed by atoms with van der Waals surface area (Å²) in [5.41, 5.74) is 5.54. The van der Waals surface area contributed by atoms with Gasteiger partial charge in [-0.2, -0.15) is 10.2 Å². The molecule has 14 nitrogen and oxygen atoms in total. The minimum absolute atomic E-state index is 0.118. The Kier molecular flexibility index (Phi) is 17.1. The molecule has 6 rings (SSSR count). The van der Waals surface area contributed by atoms with Gasteiger partial charge in [-0.05, 0) is 87.2 Å². The molecule has 16 heteroatoms. The SMILES string of the molecule is CNC(=O)CCC(C=O)N(C)Cc1c(C#CCCN2CCN(C3CCN(c4ccc(Nc5ncc(Cl)c(Nc6ccccc6P(C)(C)=O)n5)cc4CC#N)CC3)CC2)cccc1C=O. The molecule has 0 aliphatic carbocycles. The topological polar surface area (TPSA) is 167 Å². The second-order valence-corrected chi connectivity index (χ2v) is 20.2. The van der Waals surface area contributed by atoms with Crippen LogP contribution in [0.1, 0.15) is 59.2 Å². The maximum absolute atomic E-state index is 12.9. The van der Waals surface area contributed by atoms with Crippen molar-refractivity contribution in [2.75, 3.05) is 88.8 Å². The van der Waals surface area contributed by atoms with Crippen molar-refractivity contribution in [2.24, 2.45) is 0 Å². The number of nitrogens with zero attached hydrogens (tertiary/aromatic N) is 7. The zero-order valence-electron chi connectivity index (χ0n) is 37.1. The predicted molar refractivity (Wildman–Crippen MR) is 256 cm³/mol. The van der Waals surface area contributed by atoms with E-state index in [2.05, 4.69) is 64.6 Å². The van der Waals surface area contributed by atoms with Gasteiger partial charge in [0, 0.05) is 106 Å². The van der Waals surface area contributed by atoms with E-state index in [1.54, 1.807) is 26.4 Å². The van der Waals surface area contributed by atoms with E-state index in [4.69, 9.17) is 11.6 Å². The van der Waals surface area contributed by atoms with E-state index in [-0.39, 0.29) is 18.7 Å². The highest BCUT2D eigenvalue weighted by atomic mass is 35.5. The van der Waals surface area contributed by atoms with Gasteiger partial charge in [0.2, 0.25) is 11.9 Å². The number of nitrogens with one attached hydrogen (secondary N) is 3. The Balaban J connectivity index is 0.989. The van der Waals surface area contributed by atoms with Crippen LogP contribution in [0, 0.1) is 23.2 Å². The zero-order valence-corrected chi connectivity index (χ0v) is 38.8. The van der Waals surface area contributed by atoms with Gasteiger partial charge in [0.1, 0.15) is 24.7 Å². The third kappa shape index (κ3) is 12.8. The van der Waals surface area contributed by atoms with E-state index in [0.29, 0.717) is 58.8 Å². The van der Waals surface area contributed by atoms with Crippen LogP contribution < -0.4 is 26.2 Å². The summed E-state index contributed by atoms with van der Waals surface area (Å²) in [6, 6.07) is 21.4. The Morgan fingerprint density at radius 1 is 1.03 bits per heavy atom. The van der Waals surface area contributed by atoms with Gasteiger partial charge in [0.05, 0.1) is 30.4 Å². The molecule has 1 amide bonds. The second-order valence-electron chi connectivity index (χ2n) is 16.7. The monoisotopic (exact) mass is 904 g/mol. The van der Waals surface area contributed by atoms with E-state index in [0.717, 1.165) is 99.3 Å². The maximum atomic E-state index is 12.9. The number of hydrogen-bond acceptors (Lipinski definition) is 13. The number of likely N-dealkylation sites (N-methyl/N-ethyl adjacent to an activating group) is 1. The third-order valence-corrected chi connectivity index (χ3v) is 13.8. The smallest absolute Gasteiger partial charge is 0.229 e. The third-order valence-electron chi connectivity index (χ3n) is 12.0. The molecule has 0 radical (unpaired) electrons. The number of aldehydes is 2. The van der Waals surface area contributed by atoms with Crippen molar-refractivity contribution in [1.29, 1.82) is 5.26 Å². The van der Waals surface area contributed by atoms with Crippen molar-refractivity contribution in [3.8, 4) is 17.9 Å². The fourth-order valence-corrected chi connectivity index (χ4v) is 9.68. The molecular formula is C48H58ClN10O4P. The minimum Gasteiger partial charge on any atom is -0.371 e. The Morgan fingerprint density at radius 3 is 2.50 bits per heavy atom. The first-order valence-electron chi connectivity index (χ1n) is 21.7. The lowest BCUT2D eigenvalue weighted by molar-refractivity contribution is -0.121. The number of carbonyl (C=O) groups is 3. The molecule has 0 bridgehead atoms. The van der Waals surface area contributed by atoms with Crippen LogP contribution in [0.25, 0.3) is 0 Å². The molecule has 4 aromatic rings. The Morgan fingerprint density at radius 2 is 1.80 bits per heavy atom. The summed E-state index contributed by atoms with van der Waals surface area (Å²) in [6.45, 7) is 10.4. The maximum Gasteiger partial charge on any atom is 0.229 e. The molecule has 1 unspecified atom stereocenters. The average Bonchev–Trinajstić information content (AvgIpc) is 3.29. The molecule has 1 atom stereocenters. The van der Waals surface area contributed by atoms with Crippen LogP contribution in [0.2, 0.25) is 5.02 Å². The molecule has 2 aliphatic rings. The lowest BCUT2D eigenvalue weighted by Crippen LogP contribution is -2.53. The fraction of sp³-hybridized carbons (Fsp3) is 0.417. The van der Waals surface area contributed by atoms with Gasteiger partial charge >= 0.3 is 0 Å². The van der Waals surface area contributed by atoms with E-state index >= 15 is 0 Å². The number of hydrogen-bond donors (Lipinski definition) is 3. The standard InChI is InChI=1S/C48H58ClN10O4P/c1-51-46(62)18-16-40(34-61)56(2)32-41-35(11-9-12-37(41)33-60)10-7-8-23-57-26-28-58(29-27-57)39-20-24-59(25-21-39)44-17-15-38(30-36(44)19-22-50)53-48-52-31-42(49)47(55-48)54-43-13-5-6-14-45(43)64(3,4)63/h5-6,9,11-15,17,30-31,33-34,39-40H,8,16,18-21,23-29,32H2,1-4H3,(H,51,62)(H2,52,53,54,55). The van der Waals surface area contributed by atoms with Crippen LogP contribution >= 0.6 is 18.7 Å². The molecule has 2 fully saturated rings. The summed E-state index contributed by atoms with van der Waals surface area (Å²) in [4.78, 5) is 53.9. The summed E-state index contributed by atoms with van der Waals surface area (Å²) < 4.78 is 12.9.